The van der Waals surface area contributed by atoms with Gasteiger partial charge in [0, 0.05) is 27.3 Å². The smallest absolute Gasteiger partial charge is 0.0620 e. The van der Waals surface area contributed by atoms with Crippen LogP contribution in [0.5, 0.6) is 0 Å². The second kappa shape index (κ2) is 9.23. The minimum absolute atomic E-state index is 0.0287. The molecule has 0 atom stereocenters. The number of rotatable bonds is 3. The van der Waals surface area contributed by atoms with Crippen molar-refractivity contribution in [2.24, 2.45) is 0 Å². The van der Waals surface area contributed by atoms with Gasteiger partial charge in [0.1, 0.15) is 0 Å². The van der Waals surface area contributed by atoms with Gasteiger partial charge in [0.05, 0.1) is 11.0 Å². The first-order chi connectivity index (χ1) is 22.1. The summed E-state index contributed by atoms with van der Waals surface area (Å²) in [4.78, 5) is 0. The third-order valence-electron chi connectivity index (χ3n) is 11.4. The quantitative estimate of drug-likeness (QED) is 0.179. The van der Waals surface area contributed by atoms with E-state index in [2.05, 4.69) is 150 Å². The lowest BCUT2D eigenvalue weighted by atomic mass is 9.72. The summed E-state index contributed by atoms with van der Waals surface area (Å²) >= 11 is 0. The molecule has 226 valence electrons. The summed E-state index contributed by atoms with van der Waals surface area (Å²) in [7, 11) is 0. The van der Waals surface area contributed by atoms with Gasteiger partial charge in [0.15, 0.2) is 0 Å². The Bertz CT molecular complexity index is 2520. The Morgan fingerprint density at radius 1 is 0.609 bits per heavy atom. The van der Waals surface area contributed by atoms with Crippen molar-refractivity contribution in [1.29, 1.82) is 0 Å². The fourth-order valence-electron chi connectivity index (χ4n) is 9.25. The van der Waals surface area contributed by atoms with Gasteiger partial charge in [-0.05, 0) is 134 Å². The van der Waals surface area contributed by atoms with E-state index in [0.29, 0.717) is 0 Å². The molecule has 0 saturated carbocycles. The molecule has 1 heteroatoms. The normalized spacial score (nSPS) is 14.3. The number of benzene rings is 7. The van der Waals surface area contributed by atoms with Gasteiger partial charge in [-0.25, -0.2) is 0 Å². The van der Waals surface area contributed by atoms with E-state index in [9.17, 15) is 0 Å². The largest absolute Gasteiger partial charge is 0.309 e. The molecule has 0 spiro atoms. The molecule has 0 N–H and O–H groups in total. The number of hydrogen-bond donors (Lipinski definition) is 0. The topological polar surface area (TPSA) is 4.93 Å². The van der Waals surface area contributed by atoms with Crippen LogP contribution in [0, 0.1) is 13.8 Å². The average molecular weight is 596 g/mol. The van der Waals surface area contributed by atoms with E-state index >= 15 is 0 Å². The lowest BCUT2D eigenvalue weighted by Crippen LogP contribution is -2.23. The summed E-state index contributed by atoms with van der Waals surface area (Å²) in [5, 5.41) is 10.9. The number of fused-ring (bicyclic) bond motifs is 8. The van der Waals surface area contributed by atoms with E-state index in [1.165, 1.54) is 98.8 Å². The SMILES string of the molecule is CCC1(CC)c2ccccc2-c2cc3ccc4c5c(ccc(c21)c35)cc1c2cc(C(C)(C)C)ccc2n(-c2cc(C)cc(C)c2)c14. The first kappa shape index (κ1) is 27.7. The maximum atomic E-state index is 2.55. The molecular weight excluding hydrogens is 555 g/mol. The highest BCUT2D eigenvalue weighted by Crippen LogP contribution is 2.57. The molecule has 1 aliphatic rings. The van der Waals surface area contributed by atoms with Gasteiger partial charge in [-0.2, -0.15) is 0 Å². The highest BCUT2D eigenvalue weighted by atomic mass is 15.0. The summed E-state index contributed by atoms with van der Waals surface area (Å²) in [6.45, 7) is 16.1. The fraction of sp³-hybridized carbons (Fsp3) is 0.244. The van der Waals surface area contributed by atoms with Crippen LogP contribution in [0.25, 0.3) is 70.9 Å². The molecular formula is C45H41N. The molecule has 7 aromatic carbocycles. The van der Waals surface area contributed by atoms with Crippen LogP contribution in [0.1, 0.15) is 75.3 Å². The Balaban J connectivity index is 1.48. The van der Waals surface area contributed by atoms with Gasteiger partial charge in [0.2, 0.25) is 0 Å². The molecule has 1 heterocycles. The van der Waals surface area contributed by atoms with Crippen molar-refractivity contribution in [3.05, 3.63) is 125 Å². The predicted octanol–water partition coefficient (Wildman–Crippen LogP) is 12.7. The van der Waals surface area contributed by atoms with E-state index in [1.807, 2.05) is 0 Å². The van der Waals surface area contributed by atoms with Crippen molar-refractivity contribution >= 4 is 54.1 Å². The van der Waals surface area contributed by atoms with Crippen LogP contribution in [0.2, 0.25) is 0 Å². The second-order valence-corrected chi connectivity index (χ2v) is 15.0. The molecule has 8 aromatic rings. The van der Waals surface area contributed by atoms with E-state index in [4.69, 9.17) is 0 Å². The molecule has 0 unspecified atom stereocenters. The van der Waals surface area contributed by atoms with Crippen molar-refractivity contribution in [3.8, 4) is 16.8 Å². The molecule has 46 heavy (non-hydrogen) atoms. The van der Waals surface area contributed by atoms with Crippen LogP contribution in [-0.2, 0) is 10.8 Å². The Labute approximate surface area is 271 Å². The van der Waals surface area contributed by atoms with Gasteiger partial charge >= 0.3 is 0 Å². The second-order valence-electron chi connectivity index (χ2n) is 15.0. The van der Waals surface area contributed by atoms with Crippen LogP contribution in [0.3, 0.4) is 0 Å². The predicted molar refractivity (Wildman–Crippen MR) is 199 cm³/mol. The minimum Gasteiger partial charge on any atom is -0.309 e. The van der Waals surface area contributed by atoms with E-state index in [0.717, 1.165) is 12.8 Å². The first-order valence-corrected chi connectivity index (χ1v) is 17.1. The van der Waals surface area contributed by atoms with Crippen LogP contribution >= 0.6 is 0 Å². The van der Waals surface area contributed by atoms with E-state index in [1.54, 1.807) is 0 Å². The zero-order valence-corrected chi connectivity index (χ0v) is 28.1. The monoisotopic (exact) mass is 595 g/mol. The molecule has 0 saturated heterocycles. The standard InChI is InChI=1S/C45H41N/c1-8-45(9-2)38-13-11-10-12-32(38)36-23-28-15-18-34-41-29(14-17-33(40(28)41)42(36)45)24-37-35-25-30(44(5,6)7)16-19-39(35)46(43(34)37)31-21-26(3)20-27(4)22-31/h10-25H,8-9H2,1-7H3. The summed E-state index contributed by atoms with van der Waals surface area (Å²) < 4.78 is 2.55. The third kappa shape index (κ3) is 3.47. The number of aryl methyl sites for hydroxylation is 2. The lowest BCUT2D eigenvalue weighted by Gasteiger charge is -2.31. The summed E-state index contributed by atoms with van der Waals surface area (Å²) in [5.41, 5.74) is 13.8. The van der Waals surface area contributed by atoms with Gasteiger partial charge in [-0.15, -0.1) is 0 Å². The summed E-state index contributed by atoms with van der Waals surface area (Å²) in [5.74, 6) is 0. The van der Waals surface area contributed by atoms with Crippen LogP contribution < -0.4 is 0 Å². The van der Waals surface area contributed by atoms with Crippen molar-refractivity contribution in [2.45, 2.75) is 72.1 Å². The van der Waals surface area contributed by atoms with E-state index < -0.39 is 0 Å². The van der Waals surface area contributed by atoms with E-state index in [-0.39, 0.29) is 10.8 Å². The molecule has 1 aromatic heterocycles. The Kier molecular flexibility index (Phi) is 5.55. The minimum atomic E-state index is 0.0287. The Morgan fingerprint density at radius 2 is 1.28 bits per heavy atom. The van der Waals surface area contributed by atoms with Crippen molar-refractivity contribution < 1.29 is 0 Å². The fourth-order valence-corrected chi connectivity index (χ4v) is 9.25. The molecule has 0 amide bonds. The van der Waals surface area contributed by atoms with Gasteiger partial charge in [-0.3, -0.25) is 0 Å². The number of aromatic nitrogens is 1. The molecule has 0 radical (unpaired) electrons. The highest BCUT2D eigenvalue weighted by Gasteiger charge is 2.42. The zero-order chi connectivity index (χ0) is 31.7. The Hall–Kier alpha value is -4.62. The van der Waals surface area contributed by atoms with Crippen molar-refractivity contribution in [1.82, 2.24) is 4.57 Å². The van der Waals surface area contributed by atoms with Crippen molar-refractivity contribution in [2.75, 3.05) is 0 Å². The summed E-state index contributed by atoms with van der Waals surface area (Å²) in [6.07, 6.45) is 2.19. The summed E-state index contributed by atoms with van der Waals surface area (Å²) in [6, 6.07) is 38.0. The lowest BCUT2D eigenvalue weighted by molar-refractivity contribution is 0.494. The average Bonchev–Trinajstić information content (AvgIpc) is 3.52. The molecule has 1 nitrogen and oxygen atoms in total. The highest BCUT2D eigenvalue weighted by molar-refractivity contribution is 6.32. The van der Waals surface area contributed by atoms with Crippen LogP contribution in [-0.4, -0.2) is 4.57 Å². The molecule has 0 bridgehead atoms. The zero-order valence-electron chi connectivity index (χ0n) is 28.1. The number of nitrogens with zero attached hydrogens (tertiary/aromatic N) is 1. The Morgan fingerprint density at radius 3 is 2.00 bits per heavy atom. The third-order valence-corrected chi connectivity index (χ3v) is 11.4. The maximum Gasteiger partial charge on any atom is 0.0620 e. The van der Waals surface area contributed by atoms with Crippen molar-refractivity contribution in [3.63, 3.8) is 0 Å². The molecule has 0 aliphatic heterocycles. The number of hydrogen-bond acceptors (Lipinski definition) is 0. The van der Waals surface area contributed by atoms with Gasteiger partial charge in [-0.1, -0.05) is 95.3 Å². The van der Waals surface area contributed by atoms with Gasteiger partial charge < -0.3 is 4.57 Å². The van der Waals surface area contributed by atoms with Crippen LogP contribution in [0.4, 0.5) is 0 Å². The maximum absolute atomic E-state index is 2.55. The van der Waals surface area contributed by atoms with Crippen LogP contribution in [0.15, 0.2) is 97.1 Å². The van der Waals surface area contributed by atoms with Gasteiger partial charge in [0.25, 0.3) is 0 Å². The molecule has 0 fully saturated rings. The molecule has 9 rings (SSSR count). The molecule has 1 aliphatic carbocycles. The first-order valence-electron chi connectivity index (χ1n) is 17.1.